The fourth-order valence-corrected chi connectivity index (χ4v) is 3.13. The van der Waals surface area contributed by atoms with Crippen LogP contribution in [-0.2, 0) is 16.0 Å². The minimum absolute atomic E-state index is 0.0768. The van der Waals surface area contributed by atoms with Gasteiger partial charge in [-0.15, -0.1) is 0 Å². The van der Waals surface area contributed by atoms with Gasteiger partial charge in [0.05, 0.1) is 20.1 Å². The second-order valence-corrected chi connectivity index (χ2v) is 6.31. The van der Waals surface area contributed by atoms with E-state index in [2.05, 4.69) is 10.3 Å². The van der Waals surface area contributed by atoms with Crippen LogP contribution in [0.2, 0.25) is 0 Å². The van der Waals surface area contributed by atoms with Crippen LogP contribution < -0.4 is 19.7 Å². The molecule has 0 bridgehead atoms. The lowest BCUT2D eigenvalue weighted by Gasteiger charge is -2.18. The first-order valence-electron chi connectivity index (χ1n) is 8.82. The SMILES string of the molecule is COc1ccc(N2CC(C(=O)NCCc3ccccn3)CC2=O)cc1OC. The zero-order chi connectivity index (χ0) is 19.2. The number of hydrogen-bond donors (Lipinski definition) is 1. The van der Waals surface area contributed by atoms with E-state index in [1.807, 2.05) is 18.2 Å². The van der Waals surface area contributed by atoms with Crippen molar-refractivity contribution in [2.24, 2.45) is 5.92 Å². The van der Waals surface area contributed by atoms with E-state index in [1.165, 1.54) is 0 Å². The van der Waals surface area contributed by atoms with E-state index >= 15 is 0 Å². The molecular formula is C20H23N3O4. The molecule has 0 spiro atoms. The molecule has 1 saturated heterocycles. The van der Waals surface area contributed by atoms with Crippen molar-refractivity contribution in [3.63, 3.8) is 0 Å². The number of amides is 2. The van der Waals surface area contributed by atoms with Gasteiger partial charge in [-0.2, -0.15) is 0 Å². The van der Waals surface area contributed by atoms with Crippen molar-refractivity contribution in [2.45, 2.75) is 12.8 Å². The smallest absolute Gasteiger partial charge is 0.227 e. The van der Waals surface area contributed by atoms with Crippen LogP contribution in [-0.4, -0.2) is 44.1 Å². The molecule has 0 aliphatic carbocycles. The molecule has 7 heteroatoms. The fraction of sp³-hybridized carbons (Fsp3) is 0.350. The van der Waals surface area contributed by atoms with Crippen LogP contribution in [0.25, 0.3) is 0 Å². The topological polar surface area (TPSA) is 80.8 Å². The Morgan fingerprint density at radius 3 is 2.74 bits per heavy atom. The molecule has 142 valence electrons. The summed E-state index contributed by atoms with van der Waals surface area (Å²) >= 11 is 0. The summed E-state index contributed by atoms with van der Waals surface area (Å²) in [5.41, 5.74) is 1.62. The Labute approximate surface area is 158 Å². The number of aromatic nitrogens is 1. The van der Waals surface area contributed by atoms with E-state index in [-0.39, 0.29) is 24.2 Å². The van der Waals surface area contributed by atoms with Crippen molar-refractivity contribution in [1.29, 1.82) is 0 Å². The van der Waals surface area contributed by atoms with E-state index in [0.717, 1.165) is 5.69 Å². The summed E-state index contributed by atoms with van der Waals surface area (Å²) in [5, 5.41) is 2.90. The van der Waals surface area contributed by atoms with Gasteiger partial charge < -0.3 is 19.7 Å². The van der Waals surface area contributed by atoms with Crippen molar-refractivity contribution >= 4 is 17.5 Å². The number of anilines is 1. The third kappa shape index (κ3) is 4.36. The van der Waals surface area contributed by atoms with Crippen LogP contribution in [0.3, 0.4) is 0 Å². The van der Waals surface area contributed by atoms with E-state index < -0.39 is 0 Å². The number of rotatable bonds is 7. The normalized spacial score (nSPS) is 16.3. The van der Waals surface area contributed by atoms with Gasteiger partial charge in [-0.25, -0.2) is 0 Å². The van der Waals surface area contributed by atoms with Gasteiger partial charge in [0.25, 0.3) is 0 Å². The molecule has 1 N–H and O–H groups in total. The predicted molar refractivity (Wildman–Crippen MR) is 101 cm³/mol. The standard InChI is InChI=1S/C20H23N3O4/c1-26-17-7-6-16(12-18(17)27-2)23-13-14(11-19(23)24)20(25)22-10-8-15-5-3-4-9-21-15/h3-7,9,12,14H,8,10-11,13H2,1-2H3,(H,22,25). The van der Waals surface area contributed by atoms with E-state index in [4.69, 9.17) is 9.47 Å². The average molecular weight is 369 g/mol. The fourth-order valence-electron chi connectivity index (χ4n) is 3.13. The van der Waals surface area contributed by atoms with Crippen molar-refractivity contribution in [3.05, 3.63) is 48.3 Å². The highest BCUT2D eigenvalue weighted by molar-refractivity contribution is 6.00. The highest BCUT2D eigenvalue weighted by Crippen LogP contribution is 2.34. The number of hydrogen-bond acceptors (Lipinski definition) is 5. The lowest BCUT2D eigenvalue weighted by Crippen LogP contribution is -2.34. The third-order valence-electron chi connectivity index (χ3n) is 4.58. The summed E-state index contributed by atoms with van der Waals surface area (Å²) in [6, 6.07) is 11.0. The lowest BCUT2D eigenvalue weighted by molar-refractivity contribution is -0.126. The molecule has 0 radical (unpaired) electrons. The number of nitrogens with one attached hydrogen (secondary N) is 1. The molecule has 1 atom stereocenters. The number of methoxy groups -OCH3 is 2. The number of carbonyl (C=O) groups is 2. The molecular weight excluding hydrogens is 346 g/mol. The monoisotopic (exact) mass is 369 g/mol. The highest BCUT2D eigenvalue weighted by atomic mass is 16.5. The van der Waals surface area contributed by atoms with Crippen molar-refractivity contribution in [2.75, 3.05) is 32.2 Å². The molecule has 27 heavy (non-hydrogen) atoms. The number of ether oxygens (including phenoxy) is 2. The lowest BCUT2D eigenvalue weighted by atomic mass is 10.1. The first kappa shape index (κ1) is 18.7. The van der Waals surface area contributed by atoms with Gasteiger partial charge in [0.2, 0.25) is 11.8 Å². The zero-order valence-corrected chi connectivity index (χ0v) is 15.5. The Bertz CT molecular complexity index is 810. The van der Waals surface area contributed by atoms with Gasteiger partial charge in [-0.3, -0.25) is 14.6 Å². The summed E-state index contributed by atoms with van der Waals surface area (Å²) < 4.78 is 10.5. The van der Waals surface area contributed by atoms with Gasteiger partial charge in [-0.05, 0) is 24.3 Å². The van der Waals surface area contributed by atoms with Gasteiger partial charge in [0.1, 0.15) is 0 Å². The number of nitrogens with zero attached hydrogens (tertiary/aromatic N) is 2. The first-order chi connectivity index (χ1) is 13.1. The van der Waals surface area contributed by atoms with E-state index in [9.17, 15) is 9.59 Å². The van der Waals surface area contributed by atoms with Crippen molar-refractivity contribution < 1.29 is 19.1 Å². The Morgan fingerprint density at radius 1 is 1.22 bits per heavy atom. The summed E-state index contributed by atoms with van der Waals surface area (Å²) in [6.07, 6.45) is 2.59. The molecule has 1 aromatic carbocycles. The Kier molecular flexibility index (Phi) is 5.90. The first-order valence-corrected chi connectivity index (χ1v) is 8.82. The number of pyridine rings is 1. The van der Waals surface area contributed by atoms with Crippen molar-refractivity contribution in [3.8, 4) is 11.5 Å². The number of carbonyl (C=O) groups excluding carboxylic acids is 2. The molecule has 0 saturated carbocycles. The molecule has 7 nitrogen and oxygen atoms in total. The van der Waals surface area contributed by atoms with Gasteiger partial charge in [0, 0.05) is 49.6 Å². The van der Waals surface area contributed by atoms with Crippen LogP contribution in [0.4, 0.5) is 5.69 Å². The van der Waals surface area contributed by atoms with Crippen LogP contribution in [0.5, 0.6) is 11.5 Å². The van der Waals surface area contributed by atoms with E-state index in [0.29, 0.717) is 36.7 Å². The second kappa shape index (κ2) is 8.53. The second-order valence-electron chi connectivity index (χ2n) is 6.31. The molecule has 1 aromatic heterocycles. The molecule has 1 unspecified atom stereocenters. The quantitative estimate of drug-likeness (QED) is 0.805. The molecule has 2 aromatic rings. The van der Waals surface area contributed by atoms with Crippen LogP contribution >= 0.6 is 0 Å². The molecule has 3 rings (SSSR count). The van der Waals surface area contributed by atoms with Crippen LogP contribution in [0.1, 0.15) is 12.1 Å². The van der Waals surface area contributed by atoms with E-state index in [1.54, 1.807) is 43.5 Å². The largest absolute Gasteiger partial charge is 0.493 e. The Balaban J connectivity index is 1.59. The minimum atomic E-state index is -0.366. The predicted octanol–water partition coefficient (Wildman–Crippen LogP) is 1.81. The summed E-state index contributed by atoms with van der Waals surface area (Å²) in [4.78, 5) is 30.7. The zero-order valence-electron chi connectivity index (χ0n) is 15.5. The Morgan fingerprint density at radius 2 is 2.04 bits per heavy atom. The van der Waals surface area contributed by atoms with Crippen LogP contribution in [0.15, 0.2) is 42.6 Å². The Hall–Kier alpha value is -3.09. The van der Waals surface area contributed by atoms with Crippen molar-refractivity contribution in [1.82, 2.24) is 10.3 Å². The maximum atomic E-state index is 12.4. The maximum Gasteiger partial charge on any atom is 0.227 e. The summed E-state index contributed by atoms with van der Waals surface area (Å²) in [5.74, 6) is 0.589. The highest BCUT2D eigenvalue weighted by Gasteiger charge is 2.35. The molecule has 1 fully saturated rings. The molecule has 2 amide bonds. The molecule has 1 aliphatic heterocycles. The summed E-state index contributed by atoms with van der Waals surface area (Å²) in [7, 11) is 3.11. The average Bonchev–Trinajstić information content (AvgIpc) is 3.10. The van der Waals surface area contributed by atoms with Gasteiger partial charge in [-0.1, -0.05) is 6.07 Å². The van der Waals surface area contributed by atoms with Crippen LogP contribution in [0, 0.1) is 5.92 Å². The third-order valence-corrected chi connectivity index (χ3v) is 4.58. The molecule has 2 heterocycles. The maximum absolute atomic E-state index is 12.4. The number of benzene rings is 1. The van der Waals surface area contributed by atoms with Gasteiger partial charge in [0.15, 0.2) is 11.5 Å². The minimum Gasteiger partial charge on any atom is -0.493 e. The molecule has 1 aliphatic rings. The van der Waals surface area contributed by atoms with Gasteiger partial charge >= 0.3 is 0 Å². The summed E-state index contributed by atoms with van der Waals surface area (Å²) in [6.45, 7) is 0.848.